The minimum atomic E-state index is -0.308. The van der Waals surface area contributed by atoms with E-state index in [4.69, 9.17) is 0 Å². The zero-order valence-electron chi connectivity index (χ0n) is 10.6. The summed E-state index contributed by atoms with van der Waals surface area (Å²) in [7, 11) is 0. The van der Waals surface area contributed by atoms with Crippen molar-refractivity contribution in [3.8, 4) is 0 Å². The second-order valence-corrected chi connectivity index (χ2v) is 5.44. The largest absolute Gasteiger partial charge is 0.342 e. The van der Waals surface area contributed by atoms with Gasteiger partial charge in [-0.15, -0.1) is 11.3 Å². The number of carbonyl (C=O) groups is 1. The summed E-state index contributed by atoms with van der Waals surface area (Å²) in [5, 5.41) is 9.99. The Bertz CT molecular complexity index is 753. The number of rotatable bonds is 3. The van der Waals surface area contributed by atoms with Gasteiger partial charge in [0.2, 0.25) is 0 Å². The number of H-pyrrole nitrogens is 1. The molecule has 1 aromatic carbocycles. The average Bonchev–Trinajstić information content (AvgIpc) is 3.07. The minimum Gasteiger partial charge on any atom is -0.342 e. The van der Waals surface area contributed by atoms with Gasteiger partial charge in [0.05, 0.1) is 10.9 Å². The van der Waals surface area contributed by atoms with Crippen molar-refractivity contribution in [2.75, 3.05) is 0 Å². The van der Waals surface area contributed by atoms with Crippen molar-refractivity contribution in [2.24, 2.45) is 0 Å². The molecule has 2 N–H and O–H groups in total. The first-order chi connectivity index (χ1) is 9.63. The van der Waals surface area contributed by atoms with E-state index < -0.39 is 0 Å². The highest BCUT2D eigenvalue weighted by Gasteiger charge is 2.15. The first-order valence-corrected chi connectivity index (χ1v) is 6.80. The Hall–Kier alpha value is -2.28. The molecule has 0 aliphatic heterocycles. The lowest BCUT2D eigenvalue weighted by Crippen LogP contribution is -2.26. The molecule has 3 rings (SSSR count). The summed E-state index contributed by atoms with van der Waals surface area (Å²) in [6, 6.07) is 5.89. The molecule has 0 saturated carbocycles. The van der Waals surface area contributed by atoms with Crippen LogP contribution in [0.25, 0.3) is 10.1 Å². The van der Waals surface area contributed by atoms with Gasteiger partial charge in [0.15, 0.2) is 0 Å². The number of fused-ring (bicyclic) bond motifs is 1. The molecule has 2 aromatic heterocycles. The molecule has 1 atom stereocenters. The third-order valence-electron chi connectivity index (χ3n) is 2.89. The van der Waals surface area contributed by atoms with E-state index in [1.165, 1.54) is 29.8 Å². The molecule has 1 amide bonds. The number of nitrogens with one attached hydrogen (secondary N) is 2. The maximum Gasteiger partial charge on any atom is 0.261 e. The molecule has 20 heavy (non-hydrogen) atoms. The summed E-state index contributed by atoms with van der Waals surface area (Å²) < 4.78 is 14.0. The summed E-state index contributed by atoms with van der Waals surface area (Å²) >= 11 is 1.33. The van der Waals surface area contributed by atoms with Crippen LogP contribution in [0.5, 0.6) is 0 Å². The fourth-order valence-corrected chi connectivity index (χ4v) is 2.83. The monoisotopic (exact) mass is 290 g/mol. The fourth-order valence-electron chi connectivity index (χ4n) is 1.89. The second-order valence-electron chi connectivity index (χ2n) is 4.36. The van der Waals surface area contributed by atoms with Crippen molar-refractivity contribution in [2.45, 2.75) is 13.0 Å². The van der Waals surface area contributed by atoms with E-state index >= 15 is 0 Å². The molecule has 0 spiro atoms. The van der Waals surface area contributed by atoms with Crippen molar-refractivity contribution < 1.29 is 9.18 Å². The molecule has 3 aromatic rings. The number of halogens is 1. The highest BCUT2D eigenvalue weighted by Crippen LogP contribution is 2.26. The zero-order valence-corrected chi connectivity index (χ0v) is 11.4. The van der Waals surface area contributed by atoms with Crippen LogP contribution in [-0.4, -0.2) is 21.1 Å². The number of nitrogens with zero attached hydrogens (tertiary/aromatic N) is 2. The molecule has 0 bridgehead atoms. The molecular weight excluding hydrogens is 279 g/mol. The molecule has 1 unspecified atom stereocenters. The third-order valence-corrected chi connectivity index (χ3v) is 4.01. The molecule has 5 nitrogen and oxygen atoms in total. The Kier molecular flexibility index (Phi) is 3.19. The predicted octanol–water partition coefficient (Wildman–Crippen LogP) is 2.65. The van der Waals surface area contributed by atoms with Crippen molar-refractivity contribution in [1.82, 2.24) is 20.5 Å². The molecular formula is C13H11FN4OS. The Balaban J connectivity index is 1.82. The predicted molar refractivity (Wildman–Crippen MR) is 74.0 cm³/mol. The van der Waals surface area contributed by atoms with Crippen LogP contribution in [0.4, 0.5) is 4.39 Å². The number of benzene rings is 1. The van der Waals surface area contributed by atoms with Crippen LogP contribution < -0.4 is 5.32 Å². The molecule has 2 heterocycles. The number of carbonyl (C=O) groups excluding carboxylic acids is 1. The van der Waals surface area contributed by atoms with E-state index in [1.54, 1.807) is 12.1 Å². The number of aromatic amines is 1. The number of thiophene rings is 1. The van der Waals surface area contributed by atoms with Gasteiger partial charge in [0.25, 0.3) is 5.91 Å². The van der Waals surface area contributed by atoms with Crippen LogP contribution in [0.15, 0.2) is 30.6 Å². The molecule has 0 saturated heterocycles. The smallest absolute Gasteiger partial charge is 0.261 e. The van der Waals surface area contributed by atoms with Gasteiger partial charge in [-0.25, -0.2) is 9.37 Å². The van der Waals surface area contributed by atoms with E-state index in [2.05, 4.69) is 20.5 Å². The van der Waals surface area contributed by atoms with Crippen molar-refractivity contribution >= 4 is 27.3 Å². The first-order valence-electron chi connectivity index (χ1n) is 5.99. The summed E-state index contributed by atoms with van der Waals surface area (Å²) in [5.74, 6) is 0.0679. The average molecular weight is 290 g/mol. The molecule has 7 heteroatoms. The van der Waals surface area contributed by atoms with Gasteiger partial charge in [0.1, 0.15) is 18.0 Å². The van der Waals surface area contributed by atoms with Crippen molar-refractivity contribution in [1.29, 1.82) is 0 Å². The number of hydrogen-bond donors (Lipinski definition) is 2. The van der Waals surface area contributed by atoms with Crippen LogP contribution in [0.1, 0.15) is 28.5 Å². The maximum atomic E-state index is 13.1. The van der Waals surface area contributed by atoms with Gasteiger partial charge < -0.3 is 5.32 Å². The molecule has 0 radical (unpaired) electrons. The standard InChI is InChI=1S/C13H11FN4OS/c1-7(12-15-6-16-18-12)17-13(19)11-5-8-4-9(14)2-3-10(8)20-11/h2-7H,1H3,(H,17,19)(H,15,16,18). The molecule has 0 aliphatic rings. The van der Waals surface area contributed by atoms with Crippen molar-refractivity contribution in [3.05, 3.63) is 47.1 Å². The van der Waals surface area contributed by atoms with E-state index in [0.29, 0.717) is 10.7 Å². The van der Waals surface area contributed by atoms with Gasteiger partial charge in [0, 0.05) is 4.70 Å². The Labute approximate surface area is 117 Å². The highest BCUT2D eigenvalue weighted by molar-refractivity contribution is 7.20. The van der Waals surface area contributed by atoms with E-state index in [-0.39, 0.29) is 17.8 Å². The van der Waals surface area contributed by atoms with Crippen LogP contribution in [0.3, 0.4) is 0 Å². The van der Waals surface area contributed by atoms with E-state index in [9.17, 15) is 9.18 Å². The maximum absolute atomic E-state index is 13.1. The van der Waals surface area contributed by atoms with Crippen LogP contribution >= 0.6 is 11.3 Å². The van der Waals surface area contributed by atoms with E-state index in [1.807, 2.05) is 6.92 Å². The third kappa shape index (κ3) is 2.39. The highest BCUT2D eigenvalue weighted by atomic mass is 32.1. The van der Waals surface area contributed by atoms with Gasteiger partial charge in [-0.3, -0.25) is 9.89 Å². The summed E-state index contributed by atoms with van der Waals surface area (Å²) in [4.78, 5) is 16.7. The first kappa shape index (κ1) is 12.7. The number of hydrogen-bond acceptors (Lipinski definition) is 4. The van der Waals surface area contributed by atoms with Gasteiger partial charge >= 0.3 is 0 Å². The Morgan fingerprint density at radius 2 is 2.30 bits per heavy atom. The Morgan fingerprint density at radius 3 is 3.05 bits per heavy atom. The summed E-state index contributed by atoms with van der Waals surface area (Å²) in [6.07, 6.45) is 1.39. The lowest BCUT2D eigenvalue weighted by molar-refractivity contribution is 0.0942. The minimum absolute atomic E-state index is 0.212. The van der Waals surface area contributed by atoms with Crippen molar-refractivity contribution in [3.63, 3.8) is 0 Å². The topological polar surface area (TPSA) is 70.7 Å². The number of amides is 1. The van der Waals surface area contributed by atoms with Crippen LogP contribution in [-0.2, 0) is 0 Å². The molecule has 102 valence electrons. The lowest BCUT2D eigenvalue weighted by Gasteiger charge is -2.09. The van der Waals surface area contributed by atoms with Gasteiger partial charge in [-0.05, 0) is 36.6 Å². The fraction of sp³-hybridized carbons (Fsp3) is 0.154. The van der Waals surface area contributed by atoms with E-state index in [0.717, 1.165) is 10.1 Å². The summed E-state index contributed by atoms with van der Waals surface area (Å²) in [6.45, 7) is 1.81. The lowest BCUT2D eigenvalue weighted by atomic mass is 10.2. The Morgan fingerprint density at radius 1 is 1.45 bits per heavy atom. The normalized spacial score (nSPS) is 12.5. The van der Waals surface area contributed by atoms with Crippen LogP contribution in [0, 0.1) is 5.82 Å². The summed E-state index contributed by atoms with van der Waals surface area (Å²) in [5.41, 5.74) is 0. The van der Waals surface area contributed by atoms with Gasteiger partial charge in [-0.2, -0.15) is 5.10 Å². The molecule has 0 fully saturated rings. The quantitative estimate of drug-likeness (QED) is 0.779. The van der Waals surface area contributed by atoms with Crippen LogP contribution in [0.2, 0.25) is 0 Å². The van der Waals surface area contributed by atoms with Gasteiger partial charge in [-0.1, -0.05) is 0 Å². The molecule has 0 aliphatic carbocycles. The second kappa shape index (κ2) is 5.01. The SMILES string of the molecule is CC(NC(=O)c1cc2cc(F)ccc2s1)c1ncn[nH]1. The zero-order chi connectivity index (χ0) is 14.1. The number of aromatic nitrogens is 3.